The van der Waals surface area contributed by atoms with Gasteiger partial charge in [-0.1, -0.05) is 6.07 Å². The Kier molecular flexibility index (Phi) is 6.61. The number of nitro groups is 1. The number of nitrogens with one attached hydrogen (secondary N) is 2. The Labute approximate surface area is 124 Å². The van der Waals surface area contributed by atoms with Crippen LogP contribution in [-0.4, -0.2) is 42.4 Å². The topological polar surface area (TPSA) is 87.5 Å². The van der Waals surface area contributed by atoms with Crippen molar-refractivity contribution in [3.8, 4) is 0 Å². The van der Waals surface area contributed by atoms with Crippen molar-refractivity contribution in [2.24, 2.45) is 0 Å². The second-order valence-corrected chi connectivity index (χ2v) is 4.76. The van der Waals surface area contributed by atoms with Gasteiger partial charge in [-0.05, 0) is 32.5 Å². The molecule has 21 heavy (non-hydrogen) atoms. The summed E-state index contributed by atoms with van der Waals surface area (Å²) < 4.78 is 0. The molecular formula is C14H22N4O3. The maximum atomic E-state index is 11.5. The quantitative estimate of drug-likeness (QED) is 0.561. The van der Waals surface area contributed by atoms with Crippen LogP contribution in [0.15, 0.2) is 18.2 Å². The summed E-state index contributed by atoms with van der Waals surface area (Å²) in [5.74, 6) is -0.0567. The van der Waals surface area contributed by atoms with E-state index in [0.29, 0.717) is 25.3 Å². The van der Waals surface area contributed by atoms with Gasteiger partial charge in [0.1, 0.15) is 5.69 Å². The molecule has 1 amide bonds. The molecule has 0 fully saturated rings. The van der Waals surface area contributed by atoms with Crippen molar-refractivity contribution in [2.45, 2.75) is 20.4 Å². The minimum absolute atomic E-state index is 0.0563. The molecule has 0 aliphatic rings. The van der Waals surface area contributed by atoms with Gasteiger partial charge in [0, 0.05) is 25.7 Å². The van der Waals surface area contributed by atoms with Crippen molar-refractivity contribution < 1.29 is 9.72 Å². The molecule has 1 aromatic rings. The van der Waals surface area contributed by atoms with Crippen molar-refractivity contribution in [2.75, 3.05) is 32.0 Å². The van der Waals surface area contributed by atoms with E-state index in [9.17, 15) is 14.9 Å². The fraction of sp³-hybridized carbons (Fsp3) is 0.500. The third kappa shape index (κ3) is 5.39. The summed E-state index contributed by atoms with van der Waals surface area (Å²) in [6.07, 6.45) is 0. The molecule has 2 N–H and O–H groups in total. The summed E-state index contributed by atoms with van der Waals surface area (Å²) in [7, 11) is 1.80. The number of nitro benzene ring substituents is 1. The van der Waals surface area contributed by atoms with Crippen LogP contribution in [0.25, 0.3) is 0 Å². The summed E-state index contributed by atoms with van der Waals surface area (Å²) >= 11 is 0. The van der Waals surface area contributed by atoms with Crippen molar-refractivity contribution >= 4 is 17.3 Å². The molecule has 0 spiro atoms. The summed E-state index contributed by atoms with van der Waals surface area (Å²) in [5, 5.41) is 16.8. The number of anilines is 1. The maximum absolute atomic E-state index is 11.5. The Bertz CT molecular complexity index is 505. The number of likely N-dealkylation sites (N-methyl/N-ethyl adjacent to an activating group) is 2. The fourth-order valence-electron chi connectivity index (χ4n) is 2.03. The molecule has 0 heterocycles. The predicted octanol–water partition coefficient (Wildman–Crippen LogP) is 1.59. The van der Waals surface area contributed by atoms with E-state index in [1.807, 2.05) is 24.8 Å². The minimum atomic E-state index is -0.398. The highest BCUT2D eigenvalue weighted by Gasteiger charge is 2.15. The van der Waals surface area contributed by atoms with Crippen LogP contribution in [0.1, 0.15) is 19.4 Å². The molecule has 0 saturated carbocycles. The number of rotatable bonds is 8. The Hall–Kier alpha value is -2.15. The lowest BCUT2D eigenvalue weighted by atomic mass is 10.1. The van der Waals surface area contributed by atoms with Crippen molar-refractivity contribution in [1.82, 2.24) is 10.2 Å². The molecule has 116 valence electrons. The van der Waals surface area contributed by atoms with Gasteiger partial charge in [-0.3, -0.25) is 19.8 Å². The molecule has 0 atom stereocenters. The monoisotopic (exact) mass is 294 g/mol. The number of hydrogen-bond acceptors (Lipinski definition) is 5. The molecule has 0 aromatic heterocycles. The number of carbonyl (C=O) groups excluding carboxylic acids is 1. The molecule has 0 saturated heterocycles. The highest BCUT2D eigenvalue weighted by Crippen LogP contribution is 2.25. The first-order valence-electron chi connectivity index (χ1n) is 6.94. The maximum Gasteiger partial charge on any atom is 0.292 e. The molecule has 1 aromatic carbocycles. The van der Waals surface area contributed by atoms with Gasteiger partial charge in [-0.15, -0.1) is 0 Å². The minimum Gasteiger partial charge on any atom is -0.380 e. The summed E-state index contributed by atoms with van der Waals surface area (Å²) in [6.45, 7) is 5.70. The molecular weight excluding hydrogens is 272 g/mol. The van der Waals surface area contributed by atoms with Crippen molar-refractivity contribution in [3.63, 3.8) is 0 Å². The van der Waals surface area contributed by atoms with Crippen LogP contribution in [0.2, 0.25) is 0 Å². The molecule has 0 unspecified atom stereocenters. The lowest BCUT2D eigenvalue weighted by molar-refractivity contribution is -0.384. The number of hydrogen-bond donors (Lipinski definition) is 2. The van der Waals surface area contributed by atoms with Gasteiger partial charge in [0.05, 0.1) is 11.5 Å². The van der Waals surface area contributed by atoms with E-state index in [1.165, 1.54) is 0 Å². The van der Waals surface area contributed by atoms with Gasteiger partial charge in [0.25, 0.3) is 5.69 Å². The lowest BCUT2D eigenvalue weighted by Crippen LogP contribution is -2.34. The zero-order chi connectivity index (χ0) is 15.8. The van der Waals surface area contributed by atoms with E-state index < -0.39 is 4.92 Å². The fourth-order valence-corrected chi connectivity index (χ4v) is 2.03. The molecule has 1 rings (SSSR count). The summed E-state index contributed by atoms with van der Waals surface area (Å²) in [5.41, 5.74) is 1.37. The third-order valence-corrected chi connectivity index (χ3v) is 2.87. The van der Waals surface area contributed by atoms with Gasteiger partial charge >= 0.3 is 0 Å². The van der Waals surface area contributed by atoms with Crippen molar-refractivity contribution in [1.29, 1.82) is 0 Å². The van der Waals surface area contributed by atoms with Gasteiger partial charge < -0.3 is 10.6 Å². The Morgan fingerprint density at radius 2 is 2.05 bits per heavy atom. The van der Waals surface area contributed by atoms with Gasteiger partial charge in [-0.25, -0.2) is 0 Å². The van der Waals surface area contributed by atoms with E-state index in [0.717, 1.165) is 5.56 Å². The SMILES string of the molecule is CCNC(=O)CN(C)Cc1ccc(NCC)c([N+](=O)[O-])c1. The highest BCUT2D eigenvalue weighted by atomic mass is 16.6. The van der Waals surface area contributed by atoms with Crippen LogP contribution in [-0.2, 0) is 11.3 Å². The first-order chi connectivity index (χ1) is 9.97. The van der Waals surface area contributed by atoms with E-state index >= 15 is 0 Å². The van der Waals surface area contributed by atoms with Crippen LogP contribution in [0.5, 0.6) is 0 Å². The van der Waals surface area contributed by atoms with E-state index in [-0.39, 0.29) is 18.1 Å². The van der Waals surface area contributed by atoms with E-state index in [2.05, 4.69) is 10.6 Å². The number of nitrogens with zero attached hydrogens (tertiary/aromatic N) is 2. The first kappa shape index (κ1) is 16.9. The predicted molar refractivity (Wildman–Crippen MR) is 82.3 cm³/mol. The van der Waals surface area contributed by atoms with Crippen molar-refractivity contribution in [3.05, 3.63) is 33.9 Å². The number of amides is 1. The standard InChI is InChI=1S/C14H22N4O3/c1-4-15-12-7-6-11(8-13(12)18(20)21)9-17(3)10-14(19)16-5-2/h6-8,15H,4-5,9-10H2,1-3H3,(H,16,19). The zero-order valence-electron chi connectivity index (χ0n) is 12.7. The Morgan fingerprint density at radius 3 is 2.62 bits per heavy atom. The zero-order valence-corrected chi connectivity index (χ0v) is 12.7. The molecule has 7 heteroatoms. The average Bonchev–Trinajstić information content (AvgIpc) is 2.40. The highest BCUT2D eigenvalue weighted by molar-refractivity contribution is 5.77. The van der Waals surface area contributed by atoms with E-state index in [1.54, 1.807) is 19.2 Å². The molecule has 0 aliphatic heterocycles. The largest absolute Gasteiger partial charge is 0.380 e. The van der Waals surface area contributed by atoms with Crippen LogP contribution in [0.3, 0.4) is 0 Å². The smallest absolute Gasteiger partial charge is 0.292 e. The van der Waals surface area contributed by atoms with Crippen LogP contribution < -0.4 is 10.6 Å². The third-order valence-electron chi connectivity index (χ3n) is 2.87. The Morgan fingerprint density at radius 1 is 1.33 bits per heavy atom. The first-order valence-corrected chi connectivity index (χ1v) is 6.94. The Balaban J connectivity index is 2.77. The van der Waals surface area contributed by atoms with Gasteiger partial charge in [0.2, 0.25) is 5.91 Å². The van der Waals surface area contributed by atoms with Gasteiger partial charge in [-0.2, -0.15) is 0 Å². The van der Waals surface area contributed by atoms with E-state index in [4.69, 9.17) is 0 Å². The average molecular weight is 294 g/mol. The molecule has 0 aliphatic carbocycles. The van der Waals surface area contributed by atoms with Crippen LogP contribution in [0.4, 0.5) is 11.4 Å². The lowest BCUT2D eigenvalue weighted by Gasteiger charge is -2.16. The summed E-state index contributed by atoms with van der Waals surface area (Å²) in [6, 6.07) is 5.09. The molecule has 7 nitrogen and oxygen atoms in total. The number of carbonyl (C=O) groups is 1. The molecule has 0 bridgehead atoms. The summed E-state index contributed by atoms with van der Waals surface area (Å²) in [4.78, 5) is 24.0. The second kappa shape index (κ2) is 8.21. The van der Waals surface area contributed by atoms with Crippen LogP contribution >= 0.6 is 0 Å². The normalized spacial score (nSPS) is 10.5. The number of benzene rings is 1. The van der Waals surface area contributed by atoms with Gasteiger partial charge in [0.15, 0.2) is 0 Å². The molecule has 0 radical (unpaired) electrons. The second-order valence-electron chi connectivity index (χ2n) is 4.76. The van der Waals surface area contributed by atoms with Crippen LogP contribution in [0, 0.1) is 10.1 Å².